The molecule has 15 heavy (non-hydrogen) atoms. The largest absolute Gasteiger partial charge is 0.425 e. The van der Waals surface area contributed by atoms with Crippen molar-refractivity contribution in [3.05, 3.63) is 12.7 Å². The molecular weight excluding hydrogens is 196 g/mol. The molecule has 4 heteroatoms. The van der Waals surface area contributed by atoms with Crippen LogP contribution >= 0.6 is 0 Å². The second kappa shape index (κ2) is 5.53. The van der Waals surface area contributed by atoms with Crippen LogP contribution in [0.4, 0.5) is 0 Å². The van der Waals surface area contributed by atoms with E-state index < -0.39 is 23.6 Å². The Morgan fingerprint density at radius 3 is 2.20 bits per heavy atom. The highest BCUT2D eigenvalue weighted by atomic mass is 16.7. The second-order valence-corrected chi connectivity index (χ2v) is 4.18. The Morgan fingerprint density at radius 2 is 1.87 bits per heavy atom. The van der Waals surface area contributed by atoms with E-state index in [9.17, 15) is 9.59 Å². The predicted octanol–water partition coefficient (Wildman–Crippen LogP) is 2.04. The summed E-state index contributed by atoms with van der Waals surface area (Å²) in [6.07, 6.45) is 0.409. The highest BCUT2D eigenvalue weighted by Gasteiger charge is 2.31. The molecule has 0 aliphatic heterocycles. The van der Waals surface area contributed by atoms with Gasteiger partial charge in [0, 0.05) is 17.9 Å². The number of carbonyl (C=O) groups is 2. The van der Waals surface area contributed by atoms with Crippen LogP contribution in [-0.2, 0) is 19.1 Å². The highest BCUT2D eigenvalue weighted by molar-refractivity contribution is 5.81. The smallest absolute Gasteiger partial charge is 0.333 e. The Hall–Kier alpha value is -1.32. The third-order valence-corrected chi connectivity index (χ3v) is 1.62. The molecule has 0 rings (SSSR count). The maximum atomic E-state index is 11.1. The Balaban J connectivity index is 4.52. The Bertz CT molecular complexity index is 250. The van der Waals surface area contributed by atoms with E-state index in [1.807, 2.05) is 20.8 Å². The zero-order chi connectivity index (χ0) is 12.1. The Kier molecular flexibility index (Phi) is 5.05. The Morgan fingerprint density at radius 1 is 1.33 bits per heavy atom. The molecule has 0 aromatic rings. The van der Waals surface area contributed by atoms with E-state index in [1.165, 1.54) is 0 Å². The minimum absolute atomic E-state index is 0.248. The summed E-state index contributed by atoms with van der Waals surface area (Å²) in [7, 11) is 0. The van der Waals surface area contributed by atoms with Gasteiger partial charge in [-0.3, -0.25) is 4.79 Å². The summed E-state index contributed by atoms with van der Waals surface area (Å²) in [5.41, 5.74) is -0.455. The van der Waals surface area contributed by atoms with Crippen LogP contribution in [0.2, 0.25) is 0 Å². The first-order valence-corrected chi connectivity index (χ1v) is 4.83. The molecule has 86 valence electrons. The predicted molar refractivity (Wildman–Crippen MR) is 55.9 cm³/mol. The fourth-order valence-corrected chi connectivity index (χ4v) is 0.734. The second-order valence-electron chi connectivity index (χ2n) is 4.18. The summed E-state index contributed by atoms with van der Waals surface area (Å²) in [6.45, 7) is 10.4. The van der Waals surface area contributed by atoms with Gasteiger partial charge in [0.2, 0.25) is 0 Å². The molecule has 4 nitrogen and oxygen atoms in total. The third-order valence-electron chi connectivity index (χ3n) is 1.62. The van der Waals surface area contributed by atoms with Crippen molar-refractivity contribution in [2.24, 2.45) is 5.41 Å². The zero-order valence-electron chi connectivity index (χ0n) is 9.70. The quantitative estimate of drug-likeness (QED) is 0.408. The van der Waals surface area contributed by atoms with Gasteiger partial charge in [-0.25, -0.2) is 4.79 Å². The topological polar surface area (TPSA) is 52.6 Å². The molecule has 0 N–H and O–H groups in total. The molecular formula is C11H18O4. The number of hydrogen-bond acceptors (Lipinski definition) is 4. The third kappa shape index (κ3) is 5.20. The molecule has 1 unspecified atom stereocenters. The maximum absolute atomic E-state index is 11.1. The summed E-state index contributed by atoms with van der Waals surface area (Å²) in [4.78, 5) is 22.1. The van der Waals surface area contributed by atoms with Crippen molar-refractivity contribution in [2.45, 2.75) is 40.4 Å². The molecule has 0 bridgehead atoms. The van der Waals surface area contributed by atoms with Crippen LogP contribution in [0.3, 0.4) is 0 Å². The van der Waals surface area contributed by atoms with Gasteiger partial charge in [-0.15, -0.1) is 0 Å². The number of ether oxygens (including phenoxy) is 2. The van der Waals surface area contributed by atoms with E-state index in [4.69, 9.17) is 9.47 Å². The van der Waals surface area contributed by atoms with Crippen molar-refractivity contribution in [1.82, 2.24) is 0 Å². The van der Waals surface area contributed by atoms with E-state index >= 15 is 0 Å². The summed E-state index contributed by atoms with van der Waals surface area (Å²) in [5.74, 6) is -0.995. The normalized spacial score (nSPS) is 12.8. The standard InChI is InChI=1S/C11H18O4/c1-6-8(12)14-10(11(3,4)5)15-9(13)7-2/h6,10H,1,7H2,2-5H3. The van der Waals surface area contributed by atoms with Gasteiger partial charge in [-0.1, -0.05) is 34.3 Å². The van der Waals surface area contributed by atoms with Crippen LogP contribution in [0, 0.1) is 5.41 Å². The van der Waals surface area contributed by atoms with Gasteiger partial charge in [0.15, 0.2) is 0 Å². The first kappa shape index (κ1) is 13.7. The van der Waals surface area contributed by atoms with Gasteiger partial charge in [0.25, 0.3) is 6.29 Å². The van der Waals surface area contributed by atoms with Crippen molar-refractivity contribution >= 4 is 11.9 Å². The first-order valence-electron chi connectivity index (χ1n) is 4.83. The van der Waals surface area contributed by atoms with Crippen LogP contribution in [0.15, 0.2) is 12.7 Å². The Labute approximate surface area is 90.2 Å². The molecule has 0 radical (unpaired) electrons. The minimum atomic E-state index is -0.879. The number of carbonyl (C=O) groups excluding carboxylic acids is 2. The molecule has 0 saturated carbocycles. The van der Waals surface area contributed by atoms with Gasteiger partial charge in [0.1, 0.15) is 0 Å². The summed E-state index contributed by atoms with van der Waals surface area (Å²) in [6, 6.07) is 0. The fourth-order valence-electron chi connectivity index (χ4n) is 0.734. The van der Waals surface area contributed by atoms with Crippen molar-refractivity contribution in [3.63, 3.8) is 0 Å². The van der Waals surface area contributed by atoms with Crippen molar-refractivity contribution < 1.29 is 19.1 Å². The average molecular weight is 214 g/mol. The van der Waals surface area contributed by atoms with E-state index in [-0.39, 0.29) is 6.42 Å². The van der Waals surface area contributed by atoms with Crippen LogP contribution in [-0.4, -0.2) is 18.2 Å². The highest BCUT2D eigenvalue weighted by Crippen LogP contribution is 2.24. The van der Waals surface area contributed by atoms with Gasteiger partial charge < -0.3 is 9.47 Å². The molecule has 0 spiro atoms. The zero-order valence-corrected chi connectivity index (χ0v) is 9.70. The lowest BCUT2D eigenvalue weighted by Gasteiger charge is -2.28. The lowest BCUT2D eigenvalue weighted by atomic mass is 9.96. The molecule has 0 fully saturated rings. The molecule has 0 aliphatic rings. The molecule has 0 saturated heterocycles. The van der Waals surface area contributed by atoms with Crippen LogP contribution in [0.25, 0.3) is 0 Å². The molecule has 0 amide bonds. The van der Waals surface area contributed by atoms with E-state index in [0.717, 1.165) is 6.08 Å². The van der Waals surface area contributed by atoms with Crippen LogP contribution in [0.5, 0.6) is 0 Å². The molecule has 0 aromatic heterocycles. The fraction of sp³-hybridized carbons (Fsp3) is 0.636. The lowest BCUT2D eigenvalue weighted by molar-refractivity contribution is -0.203. The first-order chi connectivity index (χ1) is 6.81. The molecule has 1 atom stereocenters. The SMILES string of the molecule is C=CC(=O)OC(OC(=O)CC)C(C)(C)C. The van der Waals surface area contributed by atoms with Gasteiger partial charge in [-0.05, 0) is 0 Å². The molecule has 0 heterocycles. The number of hydrogen-bond donors (Lipinski definition) is 0. The van der Waals surface area contributed by atoms with Crippen molar-refractivity contribution in [2.75, 3.05) is 0 Å². The number of rotatable bonds is 4. The van der Waals surface area contributed by atoms with Crippen LogP contribution < -0.4 is 0 Å². The molecule has 0 aromatic carbocycles. The number of esters is 2. The van der Waals surface area contributed by atoms with Gasteiger partial charge in [-0.2, -0.15) is 0 Å². The summed E-state index contributed by atoms with van der Waals surface area (Å²) in [5, 5.41) is 0. The van der Waals surface area contributed by atoms with Crippen molar-refractivity contribution in [3.8, 4) is 0 Å². The van der Waals surface area contributed by atoms with Crippen LogP contribution in [0.1, 0.15) is 34.1 Å². The monoisotopic (exact) mass is 214 g/mol. The van der Waals surface area contributed by atoms with E-state index in [2.05, 4.69) is 6.58 Å². The van der Waals surface area contributed by atoms with E-state index in [1.54, 1.807) is 6.92 Å². The lowest BCUT2D eigenvalue weighted by Crippen LogP contribution is -2.35. The average Bonchev–Trinajstić information content (AvgIpc) is 2.14. The summed E-state index contributed by atoms with van der Waals surface area (Å²) < 4.78 is 9.94. The van der Waals surface area contributed by atoms with Crippen molar-refractivity contribution in [1.29, 1.82) is 0 Å². The molecule has 0 aliphatic carbocycles. The minimum Gasteiger partial charge on any atom is -0.425 e. The summed E-state index contributed by atoms with van der Waals surface area (Å²) >= 11 is 0. The van der Waals surface area contributed by atoms with E-state index in [0.29, 0.717) is 0 Å². The maximum Gasteiger partial charge on any atom is 0.333 e. The van der Waals surface area contributed by atoms with Gasteiger partial charge >= 0.3 is 11.9 Å². The van der Waals surface area contributed by atoms with Gasteiger partial charge in [0.05, 0.1) is 0 Å².